The zero-order valence-electron chi connectivity index (χ0n) is 21.0. The number of carboxylic acids is 1. The van der Waals surface area contributed by atoms with E-state index in [2.05, 4.69) is 22.1 Å². The number of benzene rings is 2. The second kappa shape index (κ2) is 9.91. The molecule has 4 atom stereocenters. The first kappa shape index (κ1) is 25.4. The molecule has 1 saturated heterocycles. The van der Waals surface area contributed by atoms with Gasteiger partial charge in [-0.15, -0.1) is 0 Å². The number of aliphatic carboxylic acids is 1. The minimum Gasteiger partial charge on any atom is -0.497 e. The molecule has 1 saturated carbocycles. The van der Waals surface area contributed by atoms with Crippen molar-refractivity contribution in [3.05, 3.63) is 54.1 Å². The van der Waals surface area contributed by atoms with Crippen molar-refractivity contribution >= 4 is 23.1 Å². The Labute approximate surface area is 214 Å². The number of rotatable bonds is 7. The van der Waals surface area contributed by atoms with E-state index in [4.69, 9.17) is 4.74 Å². The quantitative estimate of drug-likeness (QED) is 0.519. The van der Waals surface area contributed by atoms with E-state index in [1.807, 2.05) is 24.3 Å². The molecule has 1 N–H and O–H groups in total. The fourth-order valence-electron chi connectivity index (χ4n) is 6.43. The summed E-state index contributed by atoms with van der Waals surface area (Å²) in [4.78, 5) is 13.8. The highest BCUT2D eigenvalue weighted by atomic mass is 19.4. The average molecular weight is 516 g/mol. The summed E-state index contributed by atoms with van der Waals surface area (Å²) < 4.78 is 45.8. The van der Waals surface area contributed by atoms with Gasteiger partial charge in [-0.05, 0) is 66.8 Å². The van der Waals surface area contributed by atoms with Gasteiger partial charge in [0, 0.05) is 30.8 Å². The SMILES string of the molecule is COc1cccc(N2CC3CCC(C2)C3Cc2ccc(N3N=C(C(F)(F)F)C(C)C3CC(=O)O)cc2)c1. The van der Waals surface area contributed by atoms with Crippen molar-refractivity contribution in [2.45, 2.75) is 44.8 Å². The molecule has 0 amide bonds. The smallest absolute Gasteiger partial charge is 0.431 e. The molecule has 0 radical (unpaired) electrons. The van der Waals surface area contributed by atoms with E-state index in [0.717, 1.165) is 30.8 Å². The number of hydrogen-bond donors (Lipinski definition) is 1. The van der Waals surface area contributed by atoms with E-state index < -0.39 is 36.2 Å². The number of anilines is 2. The summed E-state index contributed by atoms with van der Waals surface area (Å²) in [7, 11) is 1.68. The van der Waals surface area contributed by atoms with Crippen molar-refractivity contribution in [1.82, 2.24) is 0 Å². The fraction of sp³-hybridized carbons (Fsp3) is 0.500. The van der Waals surface area contributed by atoms with Gasteiger partial charge in [-0.1, -0.05) is 25.1 Å². The predicted molar refractivity (Wildman–Crippen MR) is 136 cm³/mol. The first-order valence-corrected chi connectivity index (χ1v) is 12.8. The lowest BCUT2D eigenvalue weighted by atomic mass is 9.80. The Morgan fingerprint density at radius 1 is 1.08 bits per heavy atom. The molecule has 9 heteroatoms. The van der Waals surface area contributed by atoms with Gasteiger partial charge in [-0.2, -0.15) is 18.3 Å². The molecule has 0 aromatic heterocycles. The predicted octanol–water partition coefficient (Wildman–Crippen LogP) is 5.62. The molecule has 2 fully saturated rings. The number of alkyl halides is 3. The topological polar surface area (TPSA) is 65.4 Å². The van der Waals surface area contributed by atoms with E-state index in [-0.39, 0.29) is 0 Å². The Bertz CT molecular complexity index is 1150. The van der Waals surface area contributed by atoms with Gasteiger partial charge in [0.05, 0.1) is 25.3 Å². The average Bonchev–Trinajstić information content (AvgIpc) is 3.29. The number of piperidine rings is 1. The maximum atomic E-state index is 13.5. The highest BCUT2D eigenvalue weighted by Gasteiger charge is 2.49. The fourth-order valence-corrected chi connectivity index (χ4v) is 6.43. The number of hydrazone groups is 1. The van der Waals surface area contributed by atoms with Crippen molar-refractivity contribution < 1.29 is 27.8 Å². The lowest BCUT2D eigenvalue weighted by molar-refractivity contribution is -0.137. The van der Waals surface area contributed by atoms with Crippen molar-refractivity contribution in [2.75, 3.05) is 30.1 Å². The molecule has 0 spiro atoms. The molecule has 198 valence electrons. The summed E-state index contributed by atoms with van der Waals surface area (Å²) in [6.07, 6.45) is -1.69. The van der Waals surface area contributed by atoms with Gasteiger partial charge in [0.25, 0.3) is 0 Å². The molecule has 4 unspecified atom stereocenters. The van der Waals surface area contributed by atoms with Gasteiger partial charge >= 0.3 is 12.1 Å². The second-order valence-corrected chi connectivity index (χ2v) is 10.5. The maximum Gasteiger partial charge on any atom is 0.431 e. The first-order valence-electron chi connectivity index (χ1n) is 12.8. The molecule has 1 aliphatic carbocycles. The van der Waals surface area contributed by atoms with Crippen LogP contribution in [0.15, 0.2) is 53.6 Å². The molecular formula is C28H32F3N3O3. The van der Waals surface area contributed by atoms with Crippen LogP contribution in [-0.2, 0) is 11.2 Å². The lowest BCUT2D eigenvalue weighted by Gasteiger charge is -2.39. The van der Waals surface area contributed by atoms with E-state index in [9.17, 15) is 23.1 Å². The normalized spacial score (nSPS) is 27.4. The van der Waals surface area contributed by atoms with Gasteiger partial charge in [0.2, 0.25) is 0 Å². The third kappa shape index (κ3) is 5.13. The summed E-state index contributed by atoms with van der Waals surface area (Å²) in [5.74, 6) is 0.422. The lowest BCUT2D eigenvalue weighted by Crippen LogP contribution is -2.42. The Morgan fingerprint density at radius 3 is 2.35 bits per heavy atom. The van der Waals surface area contributed by atoms with Crippen molar-refractivity contribution in [1.29, 1.82) is 0 Å². The molecular weight excluding hydrogens is 483 g/mol. The Kier molecular flexibility index (Phi) is 6.81. The molecule has 2 aromatic carbocycles. The van der Waals surface area contributed by atoms with E-state index >= 15 is 0 Å². The Morgan fingerprint density at radius 2 is 1.76 bits per heavy atom. The number of ether oxygens (including phenoxy) is 1. The van der Waals surface area contributed by atoms with Gasteiger partial charge in [-0.25, -0.2) is 0 Å². The molecule has 5 rings (SSSR count). The van der Waals surface area contributed by atoms with Gasteiger partial charge in [0.1, 0.15) is 11.5 Å². The van der Waals surface area contributed by atoms with Crippen molar-refractivity contribution in [3.63, 3.8) is 0 Å². The van der Waals surface area contributed by atoms with Crippen LogP contribution in [-0.4, -0.2) is 49.2 Å². The van der Waals surface area contributed by atoms with E-state index in [1.165, 1.54) is 30.5 Å². The van der Waals surface area contributed by atoms with Crippen LogP contribution in [0.3, 0.4) is 0 Å². The van der Waals surface area contributed by atoms with Gasteiger partial charge in [-0.3, -0.25) is 9.80 Å². The molecule has 37 heavy (non-hydrogen) atoms. The number of nitrogens with zero attached hydrogens (tertiary/aromatic N) is 3. The highest BCUT2D eigenvalue weighted by Crippen LogP contribution is 2.45. The third-order valence-corrected chi connectivity index (χ3v) is 8.33. The summed E-state index contributed by atoms with van der Waals surface area (Å²) in [6.45, 7) is 3.40. The zero-order chi connectivity index (χ0) is 26.3. The highest BCUT2D eigenvalue weighted by molar-refractivity contribution is 5.95. The molecule has 3 aliphatic rings. The third-order valence-electron chi connectivity index (χ3n) is 8.33. The number of carboxylic acid groups (broad SMARTS) is 1. The largest absolute Gasteiger partial charge is 0.497 e. The van der Waals surface area contributed by atoms with Crippen LogP contribution < -0.4 is 14.6 Å². The zero-order valence-corrected chi connectivity index (χ0v) is 21.0. The summed E-state index contributed by atoms with van der Waals surface area (Å²) >= 11 is 0. The van der Waals surface area contributed by atoms with Crippen LogP contribution in [0, 0.1) is 23.7 Å². The standard InChI is InChI=1S/C28H32F3N3O3/c1-17-25(14-26(35)36)34(32-27(17)28(29,30)31)21-10-6-18(7-11-21)12-24-19-8-9-20(24)16-33(15-19)22-4-3-5-23(13-22)37-2/h3-7,10-11,13,17,19-20,24-25H,8-9,12,14-16H2,1-2H3,(H,35,36). The van der Waals surface area contributed by atoms with Crippen LogP contribution in [0.5, 0.6) is 5.75 Å². The summed E-state index contributed by atoms with van der Waals surface area (Å²) in [5.41, 5.74) is 1.88. The summed E-state index contributed by atoms with van der Waals surface area (Å²) in [5, 5.41) is 14.3. The molecule has 2 aromatic rings. The molecule has 2 aliphatic heterocycles. The second-order valence-electron chi connectivity index (χ2n) is 10.5. The molecule has 2 bridgehead atoms. The maximum absolute atomic E-state index is 13.5. The summed E-state index contributed by atoms with van der Waals surface area (Å²) in [6, 6.07) is 14.8. The van der Waals surface area contributed by atoms with Gasteiger partial charge < -0.3 is 14.7 Å². The van der Waals surface area contributed by atoms with Crippen LogP contribution in [0.2, 0.25) is 0 Å². The Balaban J connectivity index is 1.29. The van der Waals surface area contributed by atoms with E-state index in [0.29, 0.717) is 23.4 Å². The number of hydrogen-bond acceptors (Lipinski definition) is 5. The molecule has 6 nitrogen and oxygen atoms in total. The van der Waals surface area contributed by atoms with Crippen LogP contribution in [0.4, 0.5) is 24.5 Å². The minimum absolute atomic E-state index is 0.415. The Hall–Kier alpha value is -3.23. The van der Waals surface area contributed by atoms with Crippen molar-refractivity contribution in [3.8, 4) is 5.75 Å². The number of fused-ring (bicyclic) bond motifs is 2. The van der Waals surface area contributed by atoms with Crippen LogP contribution in [0.1, 0.15) is 31.7 Å². The van der Waals surface area contributed by atoms with Crippen LogP contribution in [0.25, 0.3) is 0 Å². The van der Waals surface area contributed by atoms with E-state index in [1.54, 1.807) is 19.2 Å². The van der Waals surface area contributed by atoms with Crippen molar-refractivity contribution in [2.24, 2.45) is 28.8 Å². The molecule has 2 heterocycles. The number of methoxy groups -OCH3 is 1. The monoisotopic (exact) mass is 515 g/mol. The first-order chi connectivity index (χ1) is 17.6. The van der Waals surface area contributed by atoms with Crippen LogP contribution >= 0.6 is 0 Å². The number of halogens is 3. The van der Waals surface area contributed by atoms with Gasteiger partial charge in [0.15, 0.2) is 0 Å². The minimum atomic E-state index is -4.59. The number of carbonyl (C=O) groups is 1.